The van der Waals surface area contributed by atoms with E-state index in [9.17, 15) is 9.50 Å². The zero-order valence-corrected chi connectivity index (χ0v) is 11.9. The summed E-state index contributed by atoms with van der Waals surface area (Å²) in [6.07, 6.45) is 0.372. The van der Waals surface area contributed by atoms with Crippen LogP contribution >= 0.6 is 11.3 Å². The highest BCUT2D eigenvalue weighted by molar-refractivity contribution is 7.07. The highest BCUT2D eigenvalue weighted by Gasteiger charge is 2.05. The fraction of sp³-hybridized carbons (Fsp3) is 0.333. The van der Waals surface area contributed by atoms with Crippen molar-refractivity contribution >= 4 is 11.3 Å². The first-order valence-corrected chi connectivity index (χ1v) is 7.46. The number of ether oxygens (including phenoxy) is 1. The molecule has 5 heteroatoms. The molecule has 1 unspecified atom stereocenters. The Balaban J connectivity index is 1.58. The van der Waals surface area contributed by atoms with Crippen LogP contribution in [0.15, 0.2) is 41.1 Å². The summed E-state index contributed by atoms with van der Waals surface area (Å²) in [5.41, 5.74) is 1.31. The number of benzene rings is 1. The van der Waals surface area contributed by atoms with E-state index in [1.807, 2.05) is 0 Å². The van der Waals surface area contributed by atoms with Crippen molar-refractivity contribution in [1.29, 1.82) is 0 Å². The molecular weight excluding hydrogens is 277 g/mol. The van der Waals surface area contributed by atoms with Gasteiger partial charge in [-0.05, 0) is 59.6 Å². The van der Waals surface area contributed by atoms with Gasteiger partial charge in [0.1, 0.15) is 24.3 Å². The predicted molar refractivity (Wildman–Crippen MR) is 78.8 cm³/mol. The number of hydrogen-bond acceptors (Lipinski definition) is 4. The van der Waals surface area contributed by atoms with Crippen molar-refractivity contribution in [3.63, 3.8) is 0 Å². The molecule has 2 aromatic rings. The molecule has 108 valence electrons. The first-order valence-electron chi connectivity index (χ1n) is 6.52. The first-order chi connectivity index (χ1) is 9.74. The van der Waals surface area contributed by atoms with Crippen molar-refractivity contribution in [3.8, 4) is 5.75 Å². The maximum Gasteiger partial charge on any atom is 0.123 e. The molecule has 0 aliphatic carbocycles. The third kappa shape index (κ3) is 5.28. The monoisotopic (exact) mass is 295 g/mol. The fourth-order valence-corrected chi connectivity index (χ4v) is 2.42. The molecule has 1 atom stereocenters. The summed E-state index contributed by atoms with van der Waals surface area (Å²) in [7, 11) is 0. The SMILES string of the molecule is OC(CNCCc1ccsc1)COc1ccc(F)cc1. The van der Waals surface area contributed by atoms with Crippen molar-refractivity contribution in [2.75, 3.05) is 19.7 Å². The number of rotatable bonds is 8. The van der Waals surface area contributed by atoms with Gasteiger partial charge in [-0.2, -0.15) is 11.3 Å². The number of hydrogen-bond donors (Lipinski definition) is 2. The lowest BCUT2D eigenvalue weighted by molar-refractivity contribution is 0.106. The van der Waals surface area contributed by atoms with E-state index in [0.29, 0.717) is 12.3 Å². The highest BCUT2D eigenvalue weighted by atomic mass is 32.1. The van der Waals surface area contributed by atoms with Gasteiger partial charge in [-0.25, -0.2) is 4.39 Å². The van der Waals surface area contributed by atoms with Crippen LogP contribution in [-0.4, -0.2) is 30.9 Å². The van der Waals surface area contributed by atoms with E-state index in [0.717, 1.165) is 13.0 Å². The van der Waals surface area contributed by atoms with Crippen LogP contribution in [-0.2, 0) is 6.42 Å². The van der Waals surface area contributed by atoms with Crippen LogP contribution in [0.4, 0.5) is 4.39 Å². The highest BCUT2D eigenvalue weighted by Crippen LogP contribution is 2.11. The van der Waals surface area contributed by atoms with E-state index in [1.165, 1.54) is 17.7 Å². The van der Waals surface area contributed by atoms with Gasteiger partial charge in [0.2, 0.25) is 0 Å². The molecule has 3 nitrogen and oxygen atoms in total. The number of nitrogens with one attached hydrogen (secondary N) is 1. The molecule has 20 heavy (non-hydrogen) atoms. The summed E-state index contributed by atoms with van der Waals surface area (Å²) in [5.74, 6) is 0.261. The van der Waals surface area contributed by atoms with Gasteiger partial charge >= 0.3 is 0 Å². The average molecular weight is 295 g/mol. The third-order valence-electron chi connectivity index (χ3n) is 2.81. The summed E-state index contributed by atoms with van der Waals surface area (Å²) >= 11 is 1.69. The maximum atomic E-state index is 12.7. The summed E-state index contributed by atoms with van der Waals surface area (Å²) in [4.78, 5) is 0. The molecule has 0 bridgehead atoms. The van der Waals surface area contributed by atoms with E-state index in [-0.39, 0.29) is 12.4 Å². The summed E-state index contributed by atoms with van der Waals surface area (Å²) in [6, 6.07) is 7.86. The van der Waals surface area contributed by atoms with Crippen LogP contribution in [0.5, 0.6) is 5.75 Å². The number of halogens is 1. The van der Waals surface area contributed by atoms with Gasteiger partial charge in [0, 0.05) is 6.54 Å². The number of aliphatic hydroxyl groups is 1. The molecule has 2 N–H and O–H groups in total. The summed E-state index contributed by atoms with van der Waals surface area (Å²) < 4.78 is 18.1. The quantitative estimate of drug-likeness (QED) is 0.735. The summed E-state index contributed by atoms with van der Waals surface area (Å²) in [5, 5.41) is 17.1. The minimum atomic E-state index is -0.581. The largest absolute Gasteiger partial charge is 0.491 e. The Bertz CT molecular complexity index is 487. The molecule has 0 fully saturated rings. The number of thiophene rings is 1. The van der Waals surface area contributed by atoms with Crippen LogP contribution in [0.3, 0.4) is 0 Å². The second kappa shape index (κ2) is 7.99. The molecule has 0 amide bonds. The Kier molecular flexibility index (Phi) is 5.98. The zero-order chi connectivity index (χ0) is 14.2. The molecule has 0 spiro atoms. The smallest absolute Gasteiger partial charge is 0.123 e. The van der Waals surface area contributed by atoms with Gasteiger partial charge < -0.3 is 15.2 Å². The Morgan fingerprint density at radius 3 is 2.75 bits per heavy atom. The van der Waals surface area contributed by atoms with Gasteiger partial charge in [-0.15, -0.1) is 0 Å². The van der Waals surface area contributed by atoms with E-state index in [4.69, 9.17) is 4.74 Å². The van der Waals surface area contributed by atoms with Crippen LogP contribution in [0, 0.1) is 5.82 Å². The Hall–Kier alpha value is -1.43. The minimum Gasteiger partial charge on any atom is -0.491 e. The van der Waals surface area contributed by atoms with Gasteiger partial charge in [0.25, 0.3) is 0 Å². The van der Waals surface area contributed by atoms with Crippen molar-refractivity contribution in [1.82, 2.24) is 5.32 Å². The van der Waals surface area contributed by atoms with Gasteiger partial charge in [0.05, 0.1) is 0 Å². The molecular formula is C15H18FNO2S. The molecule has 1 heterocycles. The van der Waals surface area contributed by atoms with Crippen molar-refractivity contribution in [2.24, 2.45) is 0 Å². The van der Waals surface area contributed by atoms with E-state index >= 15 is 0 Å². The van der Waals surface area contributed by atoms with Gasteiger partial charge in [-0.3, -0.25) is 0 Å². The van der Waals surface area contributed by atoms with Crippen LogP contribution < -0.4 is 10.1 Å². The number of aliphatic hydroxyl groups excluding tert-OH is 1. The second-order valence-electron chi connectivity index (χ2n) is 4.50. The predicted octanol–water partition coefficient (Wildman–Crippen LogP) is 2.46. The molecule has 0 saturated carbocycles. The lowest BCUT2D eigenvalue weighted by atomic mass is 10.2. The first kappa shape index (κ1) is 15.0. The van der Waals surface area contributed by atoms with E-state index < -0.39 is 6.10 Å². The molecule has 2 rings (SSSR count). The molecule has 1 aromatic heterocycles. The Morgan fingerprint density at radius 2 is 2.05 bits per heavy atom. The molecule has 0 aliphatic rings. The maximum absolute atomic E-state index is 12.7. The third-order valence-corrected chi connectivity index (χ3v) is 3.54. The Morgan fingerprint density at radius 1 is 1.25 bits per heavy atom. The fourth-order valence-electron chi connectivity index (χ4n) is 1.72. The minimum absolute atomic E-state index is 0.192. The van der Waals surface area contributed by atoms with Crippen LogP contribution in [0.1, 0.15) is 5.56 Å². The van der Waals surface area contributed by atoms with Gasteiger partial charge in [-0.1, -0.05) is 0 Å². The van der Waals surface area contributed by atoms with E-state index in [2.05, 4.69) is 22.1 Å². The summed E-state index contributed by atoms with van der Waals surface area (Å²) in [6.45, 7) is 1.49. The average Bonchev–Trinajstić information content (AvgIpc) is 2.96. The van der Waals surface area contributed by atoms with Crippen molar-refractivity contribution in [2.45, 2.75) is 12.5 Å². The van der Waals surface area contributed by atoms with Crippen LogP contribution in [0.2, 0.25) is 0 Å². The van der Waals surface area contributed by atoms with E-state index in [1.54, 1.807) is 23.5 Å². The van der Waals surface area contributed by atoms with Crippen LogP contribution in [0.25, 0.3) is 0 Å². The molecule has 0 aliphatic heterocycles. The van der Waals surface area contributed by atoms with Crippen molar-refractivity contribution < 1.29 is 14.2 Å². The second-order valence-corrected chi connectivity index (χ2v) is 5.28. The topological polar surface area (TPSA) is 41.5 Å². The lowest BCUT2D eigenvalue weighted by Crippen LogP contribution is -2.32. The Labute approximate surface area is 122 Å². The standard InChI is InChI=1S/C15H18FNO2S/c16-13-1-3-15(4-2-13)19-10-14(18)9-17-7-5-12-6-8-20-11-12/h1-4,6,8,11,14,17-18H,5,7,9-10H2. The molecule has 1 aromatic carbocycles. The zero-order valence-electron chi connectivity index (χ0n) is 11.1. The van der Waals surface area contributed by atoms with Crippen molar-refractivity contribution in [3.05, 3.63) is 52.5 Å². The molecule has 0 saturated heterocycles. The van der Waals surface area contributed by atoms with Gasteiger partial charge in [0.15, 0.2) is 0 Å². The molecule has 0 radical (unpaired) electrons. The normalized spacial score (nSPS) is 12.3. The lowest BCUT2D eigenvalue weighted by Gasteiger charge is -2.13.